The van der Waals surface area contributed by atoms with E-state index in [1.807, 2.05) is 36.4 Å². The van der Waals surface area contributed by atoms with Gasteiger partial charge >= 0.3 is 0 Å². The molecule has 4 aromatic rings. The lowest BCUT2D eigenvalue weighted by Crippen LogP contribution is -1.97. The molecule has 376 valence electrons. The molecule has 4 rings (SSSR count). The lowest BCUT2D eigenvalue weighted by molar-refractivity contribution is 0.304. The van der Waals surface area contributed by atoms with Crippen molar-refractivity contribution in [3.8, 4) is 39.8 Å². The van der Waals surface area contributed by atoms with E-state index >= 15 is 0 Å². The summed E-state index contributed by atoms with van der Waals surface area (Å²) in [4.78, 5) is 0. The van der Waals surface area contributed by atoms with E-state index in [1.165, 1.54) is 235 Å². The van der Waals surface area contributed by atoms with Crippen molar-refractivity contribution < 1.29 is 9.47 Å². The largest absolute Gasteiger partial charge is 0.494 e. The van der Waals surface area contributed by atoms with Crippen molar-refractivity contribution in [1.82, 2.24) is 0 Å². The van der Waals surface area contributed by atoms with Gasteiger partial charge in [-0.25, -0.2) is 0 Å². The predicted molar refractivity (Wildman–Crippen MR) is 297 cm³/mol. The minimum atomic E-state index is 0.691. The second-order valence-electron chi connectivity index (χ2n) is 19.8. The molecular formula is C65H99NO2. The van der Waals surface area contributed by atoms with E-state index in [-0.39, 0.29) is 0 Å². The number of rotatable bonds is 41. The third kappa shape index (κ3) is 29.8. The van der Waals surface area contributed by atoms with Crippen LogP contribution in [0.4, 0.5) is 0 Å². The second kappa shape index (κ2) is 41.9. The van der Waals surface area contributed by atoms with Gasteiger partial charge in [-0.3, -0.25) is 0 Å². The Morgan fingerprint density at radius 3 is 0.838 bits per heavy atom. The van der Waals surface area contributed by atoms with Gasteiger partial charge in [0.05, 0.1) is 24.8 Å². The molecule has 4 aromatic carbocycles. The highest BCUT2D eigenvalue weighted by Gasteiger charge is 2.03. The van der Waals surface area contributed by atoms with Crippen molar-refractivity contribution in [2.75, 3.05) is 13.2 Å². The summed E-state index contributed by atoms with van der Waals surface area (Å²) < 4.78 is 11.9. The SMILES string of the molecule is CCCCCCCCCCCCCCCCOc1ccc(-c2ccc(CCCCCCCCCC)cc2)cc1.CCCCCCCCCCCCCCOc1ccc(-c2ccc(C#N)cc2)cc1. The number of nitriles is 1. The summed E-state index contributed by atoms with van der Waals surface area (Å²) in [6, 6.07) is 35.9. The zero-order valence-corrected chi connectivity index (χ0v) is 44.2. The highest BCUT2D eigenvalue weighted by molar-refractivity contribution is 5.65. The van der Waals surface area contributed by atoms with Gasteiger partial charge in [0.15, 0.2) is 0 Å². The number of hydrogen-bond acceptors (Lipinski definition) is 3. The first-order valence-electron chi connectivity index (χ1n) is 28.7. The summed E-state index contributed by atoms with van der Waals surface area (Å²) >= 11 is 0. The summed E-state index contributed by atoms with van der Waals surface area (Å²) in [5, 5.41) is 8.89. The van der Waals surface area contributed by atoms with Gasteiger partial charge in [0.25, 0.3) is 0 Å². The fraction of sp³-hybridized carbons (Fsp3) is 0.615. The molecule has 0 heterocycles. The molecular weight excluding hydrogens is 827 g/mol. The minimum Gasteiger partial charge on any atom is -0.494 e. The molecule has 0 saturated heterocycles. The zero-order valence-electron chi connectivity index (χ0n) is 44.2. The van der Waals surface area contributed by atoms with Gasteiger partial charge in [-0.2, -0.15) is 5.26 Å². The van der Waals surface area contributed by atoms with Crippen LogP contribution in [0.1, 0.15) is 250 Å². The Morgan fingerprint density at radius 2 is 0.544 bits per heavy atom. The van der Waals surface area contributed by atoms with E-state index in [9.17, 15) is 0 Å². The number of ether oxygens (including phenoxy) is 2. The fourth-order valence-electron chi connectivity index (χ4n) is 9.17. The predicted octanol–water partition coefficient (Wildman–Crippen LogP) is 21.2. The smallest absolute Gasteiger partial charge is 0.119 e. The molecule has 0 aromatic heterocycles. The van der Waals surface area contributed by atoms with Gasteiger partial charge in [-0.1, -0.05) is 280 Å². The maximum atomic E-state index is 8.89. The molecule has 3 heteroatoms. The molecule has 0 aliphatic carbocycles. The highest BCUT2D eigenvalue weighted by atomic mass is 16.5. The van der Waals surface area contributed by atoms with E-state index in [2.05, 4.69) is 87.5 Å². The summed E-state index contributed by atoms with van der Waals surface area (Å²) in [6.07, 6.45) is 48.2. The normalized spacial score (nSPS) is 11.0. The van der Waals surface area contributed by atoms with Gasteiger partial charge in [-0.05, 0) is 89.9 Å². The van der Waals surface area contributed by atoms with Gasteiger partial charge in [0.2, 0.25) is 0 Å². The van der Waals surface area contributed by atoms with E-state index in [4.69, 9.17) is 14.7 Å². The molecule has 3 nitrogen and oxygen atoms in total. The van der Waals surface area contributed by atoms with Crippen LogP contribution in [0.15, 0.2) is 97.1 Å². The Morgan fingerprint density at radius 1 is 0.294 bits per heavy atom. The van der Waals surface area contributed by atoms with E-state index in [1.54, 1.807) is 0 Å². The Balaban J connectivity index is 0.000000376. The molecule has 0 bridgehead atoms. The fourth-order valence-corrected chi connectivity index (χ4v) is 9.17. The first-order valence-corrected chi connectivity index (χ1v) is 28.7. The zero-order chi connectivity index (χ0) is 48.2. The first kappa shape index (κ1) is 58.3. The van der Waals surface area contributed by atoms with Crippen LogP contribution in [0.3, 0.4) is 0 Å². The van der Waals surface area contributed by atoms with Crippen molar-refractivity contribution >= 4 is 0 Å². The Kier molecular flexibility index (Phi) is 35.9. The van der Waals surface area contributed by atoms with Crippen LogP contribution < -0.4 is 9.47 Å². The van der Waals surface area contributed by atoms with E-state index in [0.29, 0.717) is 5.56 Å². The summed E-state index contributed by atoms with van der Waals surface area (Å²) in [5.74, 6) is 1.94. The first-order chi connectivity index (χ1) is 33.7. The maximum absolute atomic E-state index is 8.89. The monoisotopic (exact) mass is 926 g/mol. The lowest BCUT2D eigenvalue weighted by atomic mass is 10.0. The van der Waals surface area contributed by atoms with Crippen molar-refractivity contribution in [2.24, 2.45) is 0 Å². The van der Waals surface area contributed by atoms with E-state index in [0.717, 1.165) is 42.3 Å². The molecule has 0 aliphatic rings. The third-order valence-electron chi connectivity index (χ3n) is 13.7. The van der Waals surface area contributed by atoms with Crippen molar-refractivity contribution in [3.05, 3.63) is 108 Å². The van der Waals surface area contributed by atoms with Crippen molar-refractivity contribution in [3.63, 3.8) is 0 Å². The molecule has 0 fully saturated rings. The van der Waals surface area contributed by atoms with Crippen LogP contribution in [-0.4, -0.2) is 13.2 Å². The van der Waals surface area contributed by atoms with Crippen molar-refractivity contribution in [1.29, 1.82) is 5.26 Å². The van der Waals surface area contributed by atoms with Gasteiger partial charge < -0.3 is 9.47 Å². The highest BCUT2D eigenvalue weighted by Crippen LogP contribution is 2.25. The van der Waals surface area contributed by atoms with Crippen LogP contribution in [0.25, 0.3) is 22.3 Å². The van der Waals surface area contributed by atoms with Crippen LogP contribution >= 0.6 is 0 Å². The summed E-state index contributed by atoms with van der Waals surface area (Å²) in [6.45, 7) is 8.50. The molecule has 0 spiro atoms. The number of benzene rings is 4. The molecule has 0 atom stereocenters. The van der Waals surface area contributed by atoms with Gasteiger partial charge in [0, 0.05) is 0 Å². The second-order valence-corrected chi connectivity index (χ2v) is 19.8. The van der Waals surface area contributed by atoms with Gasteiger partial charge in [-0.15, -0.1) is 0 Å². The molecule has 0 N–H and O–H groups in total. The maximum Gasteiger partial charge on any atom is 0.119 e. The molecule has 0 amide bonds. The van der Waals surface area contributed by atoms with Crippen LogP contribution in [0, 0.1) is 11.3 Å². The average molecular weight is 927 g/mol. The topological polar surface area (TPSA) is 42.2 Å². The molecule has 0 radical (unpaired) electrons. The molecule has 0 saturated carbocycles. The number of nitrogens with zero attached hydrogens (tertiary/aromatic N) is 1. The molecule has 68 heavy (non-hydrogen) atoms. The summed E-state index contributed by atoms with van der Waals surface area (Å²) in [7, 11) is 0. The Labute approximate surface area is 419 Å². The number of hydrogen-bond donors (Lipinski definition) is 0. The molecule has 0 unspecified atom stereocenters. The third-order valence-corrected chi connectivity index (χ3v) is 13.7. The average Bonchev–Trinajstić information content (AvgIpc) is 3.38. The quantitative estimate of drug-likeness (QED) is 0.0417. The van der Waals surface area contributed by atoms with Crippen LogP contribution in [-0.2, 0) is 6.42 Å². The minimum absolute atomic E-state index is 0.691. The van der Waals surface area contributed by atoms with E-state index < -0.39 is 0 Å². The van der Waals surface area contributed by atoms with Crippen LogP contribution in [0.2, 0.25) is 0 Å². The standard InChI is InChI=1S/C38H62O.C27H37NO/c1-3-5-7-9-11-13-14-15-16-17-18-20-22-24-34-39-38-32-30-37(31-33-38)36-28-26-35(27-29-36)25-23-21-19-12-10-8-6-4-2;1-2-3-4-5-6-7-8-9-10-11-12-13-22-29-27-20-18-26(19-21-27)25-16-14-24(23-28)15-17-25/h26-33H,3-25,34H2,1-2H3;14-21H,2-13,22H2,1H3. The molecule has 0 aliphatic heterocycles. The number of aryl methyl sites for hydroxylation is 1. The summed E-state index contributed by atoms with van der Waals surface area (Å²) in [5.41, 5.74) is 7.00. The van der Waals surface area contributed by atoms with Crippen LogP contribution in [0.5, 0.6) is 11.5 Å². The van der Waals surface area contributed by atoms with Crippen molar-refractivity contribution in [2.45, 2.75) is 245 Å². The lowest BCUT2D eigenvalue weighted by Gasteiger charge is -2.08. The van der Waals surface area contributed by atoms with Gasteiger partial charge in [0.1, 0.15) is 11.5 Å². The Hall–Kier alpha value is -4.03. The number of unbranched alkanes of at least 4 members (excludes halogenated alkanes) is 31. The Bertz CT molecular complexity index is 1740.